The molecule has 2 rings (SSSR count). The average Bonchev–Trinajstić information content (AvgIpc) is 2.61. The Morgan fingerprint density at radius 2 is 2.00 bits per heavy atom. The molecule has 1 heterocycles. The van der Waals surface area contributed by atoms with Gasteiger partial charge >= 0.3 is 5.97 Å². The summed E-state index contributed by atoms with van der Waals surface area (Å²) in [5.74, 6) is -0.671. The lowest BCUT2D eigenvalue weighted by molar-refractivity contribution is -0.134. The molecular weight excluding hydrogens is 322 g/mol. The SMILES string of the molecule is COC(=O)c1ccc(CNC(=O)C[C@H]2C(=O)NCCN2C(C)C)cc1. The number of methoxy groups -OCH3 is 1. The third-order valence-electron chi connectivity index (χ3n) is 4.28. The highest BCUT2D eigenvalue weighted by Crippen LogP contribution is 2.13. The van der Waals surface area contributed by atoms with Crippen LogP contribution >= 0.6 is 0 Å². The van der Waals surface area contributed by atoms with Crippen LogP contribution < -0.4 is 10.6 Å². The summed E-state index contributed by atoms with van der Waals surface area (Å²) in [7, 11) is 1.33. The predicted octanol–water partition coefficient (Wildman–Crippen LogP) is 0.688. The number of ether oxygens (including phenoxy) is 1. The van der Waals surface area contributed by atoms with Crippen molar-refractivity contribution in [2.75, 3.05) is 20.2 Å². The largest absolute Gasteiger partial charge is 0.465 e. The molecule has 1 aromatic rings. The van der Waals surface area contributed by atoms with Gasteiger partial charge < -0.3 is 15.4 Å². The Morgan fingerprint density at radius 1 is 1.32 bits per heavy atom. The minimum atomic E-state index is -0.435. The van der Waals surface area contributed by atoms with E-state index in [-0.39, 0.29) is 24.3 Å². The van der Waals surface area contributed by atoms with Crippen LogP contribution in [0.3, 0.4) is 0 Å². The van der Waals surface area contributed by atoms with Gasteiger partial charge in [-0.25, -0.2) is 4.79 Å². The fourth-order valence-corrected chi connectivity index (χ4v) is 2.89. The zero-order valence-electron chi connectivity index (χ0n) is 14.9. The number of nitrogens with one attached hydrogen (secondary N) is 2. The van der Waals surface area contributed by atoms with Crippen LogP contribution in [0, 0.1) is 0 Å². The fraction of sp³-hybridized carbons (Fsp3) is 0.500. The number of esters is 1. The van der Waals surface area contributed by atoms with E-state index >= 15 is 0 Å². The molecule has 0 radical (unpaired) electrons. The van der Waals surface area contributed by atoms with Crippen molar-refractivity contribution in [2.24, 2.45) is 0 Å². The topological polar surface area (TPSA) is 87.7 Å². The van der Waals surface area contributed by atoms with E-state index in [1.807, 2.05) is 18.7 Å². The van der Waals surface area contributed by atoms with Gasteiger partial charge in [0.15, 0.2) is 0 Å². The van der Waals surface area contributed by atoms with E-state index in [1.54, 1.807) is 24.3 Å². The van der Waals surface area contributed by atoms with Gasteiger partial charge in [-0.1, -0.05) is 12.1 Å². The van der Waals surface area contributed by atoms with Crippen LogP contribution in [-0.4, -0.2) is 55.0 Å². The Balaban J connectivity index is 1.89. The van der Waals surface area contributed by atoms with Crippen molar-refractivity contribution in [3.05, 3.63) is 35.4 Å². The highest BCUT2D eigenvalue weighted by molar-refractivity contribution is 5.89. The summed E-state index contributed by atoms with van der Waals surface area (Å²) in [5.41, 5.74) is 1.33. The Labute approximate surface area is 147 Å². The normalized spacial score (nSPS) is 17.9. The lowest BCUT2D eigenvalue weighted by atomic mass is 10.1. The quantitative estimate of drug-likeness (QED) is 0.739. The first-order valence-electron chi connectivity index (χ1n) is 8.39. The molecule has 2 N–H and O–H groups in total. The van der Waals surface area contributed by atoms with Crippen LogP contribution in [-0.2, 0) is 20.9 Å². The highest BCUT2D eigenvalue weighted by Gasteiger charge is 2.32. The number of nitrogens with zero attached hydrogens (tertiary/aromatic N) is 1. The lowest BCUT2D eigenvalue weighted by Crippen LogP contribution is -2.58. The van der Waals surface area contributed by atoms with Crippen molar-refractivity contribution in [3.8, 4) is 0 Å². The standard InChI is InChI=1S/C18H25N3O4/c1-12(2)21-9-8-19-17(23)15(21)10-16(22)20-11-13-4-6-14(7-5-13)18(24)25-3/h4-7,12,15H,8-11H2,1-3H3,(H,19,23)(H,20,22)/t15-/m0/s1. The second-order valence-corrected chi connectivity index (χ2v) is 6.31. The molecule has 1 fully saturated rings. The number of carbonyl (C=O) groups excluding carboxylic acids is 3. The first-order chi connectivity index (χ1) is 11.9. The molecule has 136 valence electrons. The van der Waals surface area contributed by atoms with Crippen molar-refractivity contribution in [1.29, 1.82) is 0 Å². The number of benzene rings is 1. The van der Waals surface area contributed by atoms with Gasteiger partial charge in [0.05, 0.1) is 25.1 Å². The van der Waals surface area contributed by atoms with Crippen LogP contribution in [0.2, 0.25) is 0 Å². The number of rotatable bonds is 6. The van der Waals surface area contributed by atoms with Gasteiger partial charge in [-0.2, -0.15) is 0 Å². The van der Waals surface area contributed by atoms with Gasteiger partial charge in [-0.05, 0) is 31.5 Å². The van der Waals surface area contributed by atoms with Gasteiger partial charge in [-0.3, -0.25) is 14.5 Å². The first-order valence-corrected chi connectivity index (χ1v) is 8.39. The molecule has 0 bridgehead atoms. The molecule has 0 aliphatic carbocycles. The Morgan fingerprint density at radius 3 is 2.60 bits per heavy atom. The van der Waals surface area contributed by atoms with E-state index in [0.717, 1.165) is 12.1 Å². The van der Waals surface area contributed by atoms with Gasteiger partial charge in [0.1, 0.15) is 0 Å². The molecule has 1 aliphatic rings. The zero-order valence-corrected chi connectivity index (χ0v) is 14.9. The number of hydrogen-bond donors (Lipinski definition) is 2. The summed E-state index contributed by atoms with van der Waals surface area (Å²) in [6.07, 6.45) is 0.129. The molecule has 0 spiro atoms. The van der Waals surface area contributed by atoms with Crippen molar-refractivity contribution < 1.29 is 19.1 Å². The van der Waals surface area contributed by atoms with Crippen LogP contribution in [0.1, 0.15) is 36.2 Å². The van der Waals surface area contributed by atoms with Gasteiger partial charge in [0, 0.05) is 25.7 Å². The molecule has 7 heteroatoms. The van der Waals surface area contributed by atoms with E-state index in [2.05, 4.69) is 15.4 Å². The minimum absolute atomic E-state index is 0.0995. The van der Waals surface area contributed by atoms with Gasteiger partial charge in [-0.15, -0.1) is 0 Å². The van der Waals surface area contributed by atoms with E-state index in [0.29, 0.717) is 18.7 Å². The summed E-state index contributed by atoms with van der Waals surface area (Å²) >= 11 is 0. The molecule has 1 aliphatic heterocycles. The third kappa shape index (κ3) is 5.03. The molecule has 1 aromatic carbocycles. The third-order valence-corrected chi connectivity index (χ3v) is 4.28. The Hall–Kier alpha value is -2.41. The molecule has 7 nitrogen and oxygen atoms in total. The maximum atomic E-state index is 12.2. The Bertz CT molecular complexity index is 628. The smallest absolute Gasteiger partial charge is 0.337 e. The summed E-state index contributed by atoms with van der Waals surface area (Å²) in [5, 5.41) is 5.64. The van der Waals surface area contributed by atoms with Crippen molar-refractivity contribution in [1.82, 2.24) is 15.5 Å². The van der Waals surface area contributed by atoms with E-state index < -0.39 is 12.0 Å². The number of hydrogen-bond acceptors (Lipinski definition) is 5. The average molecular weight is 347 g/mol. The summed E-state index contributed by atoms with van der Waals surface area (Å²) in [6, 6.07) is 6.61. The van der Waals surface area contributed by atoms with Crippen molar-refractivity contribution in [2.45, 2.75) is 38.9 Å². The molecule has 25 heavy (non-hydrogen) atoms. The Kier molecular flexibility index (Phi) is 6.52. The monoisotopic (exact) mass is 347 g/mol. The van der Waals surface area contributed by atoms with Crippen LogP contribution in [0.25, 0.3) is 0 Å². The molecule has 1 atom stereocenters. The molecule has 0 unspecified atom stereocenters. The van der Waals surface area contributed by atoms with Crippen molar-refractivity contribution >= 4 is 17.8 Å². The number of amides is 2. The molecular formula is C18H25N3O4. The predicted molar refractivity (Wildman–Crippen MR) is 92.9 cm³/mol. The van der Waals surface area contributed by atoms with Gasteiger partial charge in [0.25, 0.3) is 0 Å². The number of carbonyl (C=O) groups is 3. The van der Waals surface area contributed by atoms with Crippen LogP contribution in [0.15, 0.2) is 24.3 Å². The zero-order chi connectivity index (χ0) is 18.4. The molecule has 2 amide bonds. The molecule has 1 saturated heterocycles. The van der Waals surface area contributed by atoms with E-state index in [4.69, 9.17) is 0 Å². The first kappa shape index (κ1) is 18.9. The fourth-order valence-electron chi connectivity index (χ4n) is 2.89. The van der Waals surface area contributed by atoms with E-state index in [9.17, 15) is 14.4 Å². The maximum absolute atomic E-state index is 12.2. The summed E-state index contributed by atoms with van der Waals surface area (Å²) in [6.45, 7) is 5.74. The van der Waals surface area contributed by atoms with Gasteiger partial charge in [0.2, 0.25) is 11.8 Å². The van der Waals surface area contributed by atoms with Crippen molar-refractivity contribution in [3.63, 3.8) is 0 Å². The summed E-state index contributed by atoms with van der Waals surface area (Å²) < 4.78 is 4.65. The highest BCUT2D eigenvalue weighted by atomic mass is 16.5. The molecule has 0 aromatic heterocycles. The molecule has 0 saturated carbocycles. The van der Waals surface area contributed by atoms with Crippen LogP contribution in [0.4, 0.5) is 0 Å². The maximum Gasteiger partial charge on any atom is 0.337 e. The lowest BCUT2D eigenvalue weighted by Gasteiger charge is -2.37. The minimum Gasteiger partial charge on any atom is -0.465 e. The number of piperazine rings is 1. The van der Waals surface area contributed by atoms with E-state index in [1.165, 1.54) is 7.11 Å². The summed E-state index contributed by atoms with van der Waals surface area (Å²) in [4.78, 5) is 37.7. The second-order valence-electron chi connectivity index (χ2n) is 6.31. The van der Waals surface area contributed by atoms with Crippen LogP contribution in [0.5, 0.6) is 0 Å². The second kappa shape index (κ2) is 8.62.